The number of hydrogen-bond acceptors (Lipinski definition) is 4. The van der Waals surface area contributed by atoms with Crippen molar-refractivity contribution < 1.29 is 24.9 Å². The average molecular weight is 293 g/mol. The molecule has 1 rings (SSSR count). The summed E-state index contributed by atoms with van der Waals surface area (Å²) in [5.74, 6) is -2.01. The summed E-state index contributed by atoms with van der Waals surface area (Å²) in [6.07, 6.45) is 2.94. The van der Waals surface area contributed by atoms with E-state index in [0.717, 1.165) is 0 Å². The van der Waals surface area contributed by atoms with E-state index in [9.17, 15) is 14.7 Å². The van der Waals surface area contributed by atoms with Gasteiger partial charge in [0.25, 0.3) is 0 Å². The molecule has 0 saturated heterocycles. The molecule has 0 aromatic heterocycles. The Morgan fingerprint density at radius 1 is 1.24 bits per heavy atom. The van der Waals surface area contributed by atoms with E-state index in [1.807, 2.05) is 13.8 Å². The normalized spacial score (nSPS) is 12.5. The lowest BCUT2D eigenvalue weighted by Crippen LogP contribution is -2.40. The van der Waals surface area contributed by atoms with Crippen molar-refractivity contribution in [3.63, 3.8) is 0 Å². The third-order valence-electron chi connectivity index (χ3n) is 2.75. The fraction of sp³-hybridized carbons (Fsp3) is 0.333. The van der Waals surface area contributed by atoms with Crippen molar-refractivity contribution in [2.24, 2.45) is 5.92 Å². The molecule has 0 unspecified atom stereocenters. The molecular weight excluding hydrogens is 274 g/mol. The van der Waals surface area contributed by atoms with Crippen molar-refractivity contribution in [2.75, 3.05) is 0 Å². The molecule has 0 saturated carbocycles. The second-order valence-corrected chi connectivity index (χ2v) is 5.11. The highest BCUT2D eigenvalue weighted by Gasteiger charge is 2.19. The minimum Gasteiger partial charge on any atom is -0.504 e. The van der Waals surface area contributed by atoms with Crippen LogP contribution in [0.3, 0.4) is 0 Å². The zero-order valence-electron chi connectivity index (χ0n) is 11.9. The van der Waals surface area contributed by atoms with Gasteiger partial charge < -0.3 is 20.6 Å². The molecule has 114 valence electrons. The Bertz CT molecular complexity index is 551. The monoisotopic (exact) mass is 293 g/mol. The van der Waals surface area contributed by atoms with Crippen LogP contribution in [-0.4, -0.2) is 33.2 Å². The first kappa shape index (κ1) is 16.6. The molecule has 0 spiro atoms. The molecule has 0 heterocycles. The zero-order valence-corrected chi connectivity index (χ0v) is 11.9. The largest absolute Gasteiger partial charge is 0.504 e. The van der Waals surface area contributed by atoms with Crippen LogP contribution in [0.4, 0.5) is 0 Å². The number of aliphatic carboxylic acids is 1. The molecule has 6 heteroatoms. The first-order chi connectivity index (χ1) is 9.79. The first-order valence-electron chi connectivity index (χ1n) is 6.53. The maximum atomic E-state index is 11.7. The minimum atomic E-state index is -1.08. The van der Waals surface area contributed by atoms with E-state index in [-0.39, 0.29) is 17.4 Å². The second-order valence-electron chi connectivity index (χ2n) is 5.11. The predicted molar refractivity (Wildman–Crippen MR) is 77.8 cm³/mol. The van der Waals surface area contributed by atoms with Gasteiger partial charge in [0.1, 0.15) is 6.04 Å². The maximum absolute atomic E-state index is 11.7. The summed E-state index contributed by atoms with van der Waals surface area (Å²) in [5.41, 5.74) is 0.510. The summed E-state index contributed by atoms with van der Waals surface area (Å²) in [7, 11) is 0. The molecule has 0 fully saturated rings. The summed E-state index contributed by atoms with van der Waals surface area (Å²) < 4.78 is 0. The fourth-order valence-electron chi connectivity index (χ4n) is 1.73. The standard InChI is InChI=1S/C15H19NO5/c1-9(2)7-11(15(20)21)16-14(19)6-4-10-3-5-12(17)13(18)8-10/h3-6,8-9,11,17-18H,7H2,1-2H3,(H,16,19)(H,20,21)/b6-4+/t11-/m0/s1. The number of carbonyl (C=O) groups is 2. The van der Waals surface area contributed by atoms with Crippen LogP contribution in [0.15, 0.2) is 24.3 Å². The van der Waals surface area contributed by atoms with Gasteiger partial charge in [0.15, 0.2) is 11.5 Å². The number of carboxylic acids is 1. The predicted octanol–water partition coefficient (Wildman–Crippen LogP) is 1.73. The molecule has 21 heavy (non-hydrogen) atoms. The van der Waals surface area contributed by atoms with E-state index < -0.39 is 17.9 Å². The van der Waals surface area contributed by atoms with E-state index in [1.165, 1.54) is 30.4 Å². The van der Waals surface area contributed by atoms with Crippen molar-refractivity contribution in [1.82, 2.24) is 5.32 Å². The van der Waals surface area contributed by atoms with E-state index in [2.05, 4.69) is 5.32 Å². The number of phenolic OH excluding ortho intramolecular Hbond substituents is 2. The lowest BCUT2D eigenvalue weighted by Gasteiger charge is -2.15. The number of benzene rings is 1. The van der Waals surface area contributed by atoms with Crippen LogP contribution in [-0.2, 0) is 9.59 Å². The lowest BCUT2D eigenvalue weighted by atomic mass is 10.0. The van der Waals surface area contributed by atoms with Gasteiger partial charge in [0.2, 0.25) is 5.91 Å². The van der Waals surface area contributed by atoms with Gasteiger partial charge in [-0.3, -0.25) is 4.79 Å². The number of carboxylic acid groups (broad SMARTS) is 1. The van der Waals surface area contributed by atoms with Crippen LogP contribution in [0.5, 0.6) is 11.5 Å². The number of phenols is 2. The van der Waals surface area contributed by atoms with Crippen molar-refractivity contribution in [2.45, 2.75) is 26.3 Å². The van der Waals surface area contributed by atoms with Crippen LogP contribution < -0.4 is 5.32 Å². The Hall–Kier alpha value is -2.50. The number of carbonyl (C=O) groups excluding carboxylic acids is 1. The smallest absolute Gasteiger partial charge is 0.326 e. The van der Waals surface area contributed by atoms with Gasteiger partial charge in [-0.25, -0.2) is 4.79 Å². The van der Waals surface area contributed by atoms with Gasteiger partial charge in [0.05, 0.1) is 0 Å². The second kappa shape index (κ2) is 7.33. The van der Waals surface area contributed by atoms with Crippen LogP contribution in [0, 0.1) is 5.92 Å². The highest BCUT2D eigenvalue weighted by molar-refractivity contribution is 5.94. The van der Waals surface area contributed by atoms with Gasteiger partial charge >= 0.3 is 5.97 Å². The average Bonchev–Trinajstić information content (AvgIpc) is 2.38. The number of amides is 1. The SMILES string of the molecule is CC(C)C[C@H](NC(=O)/C=C/c1ccc(O)c(O)c1)C(=O)O. The van der Waals surface area contributed by atoms with Gasteiger partial charge in [0, 0.05) is 6.08 Å². The summed E-state index contributed by atoms with van der Waals surface area (Å²) in [4.78, 5) is 22.7. The lowest BCUT2D eigenvalue weighted by molar-refractivity contribution is -0.141. The van der Waals surface area contributed by atoms with Gasteiger partial charge in [-0.05, 0) is 36.1 Å². The molecule has 1 atom stereocenters. The van der Waals surface area contributed by atoms with Crippen LogP contribution >= 0.6 is 0 Å². The molecular formula is C15H19NO5. The fourth-order valence-corrected chi connectivity index (χ4v) is 1.73. The Kier molecular flexibility index (Phi) is 5.78. The molecule has 0 radical (unpaired) electrons. The van der Waals surface area contributed by atoms with Gasteiger partial charge in [-0.2, -0.15) is 0 Å². The zero-order chi connectivity index (χ0) is 16.0. The van der Waals surface area contributed by atoms with Crippen molar-refractivity contribution in [3.8, 4) is 11.5 Å². The van der Waals surface area contributed by atoms with Crippen molar-refractivity contribution >= 4 is 18.0 Å². The molecule has 6 nitrogen and oxygen atoms in total. The van der Waals surface area contributed by atoms with Crippen molar-refractivity contribution in [3.05, 3.63) is 29.8 Å². The van der Waals surface area contributed by atoms with E-state index in [4.69, 9.17) is 10.2 Å². The molecule has 0 bridgehead atoms. The summed E-state index contributed by atoms with van der Waals surface area (Å²) in [6.45, 7) is 3.74. The Morgan fingerprint density at radius 2 is 1.90 bits per heavy atom. The number of hydrogen-bond donors (Lipinski definition) is 4. The van der Waals surface area contributed by atoms with E-state index in [0.29, 0.717) is 12.0 Å². The Morgan fingerprint density at radius 3 is 2.43 bits per heavy atom. The van der Waals surface area contributed by atoms with Crippen LogP contribution in [0.2, 0.25) is 0 Å². The molecule has 0 aliphatic heterocycles. The molecule has 1 amide bonds. The van der Waals surface area contributed by atoms with E-state index in [1.54, 1.807) is 0 Å². The number of nitrogens with one attached hydrogen (secondary N) is 1. The van der Waals surface area contributed by atoms with Crippen LogP contribution in [0.1, 0.15) is 25.8 Å². The number of aromatic hydroxyl groups is 2. The molecule has 4 N–H and O–H groups in total. The third kappa shape index (κ3) is 5.56. The van der Waals surface area contributed by atoms with Crippen LogP contribution in [0.25, 0.3) is 6.08 Å². The van der Waals surface area contributed by atoms with Gasteiger partial charge in [-0.15, -0.1) is 0 Å². The number of rotatable bonds is 6. The highest BCUT2D eigenvalue weighted by Crippen LogP contribution is 2.25. The summed E-state index contributed by atoms with van der Waals surface area (Å²) >= 11 is 0. The topological polar surface area (TPSA) is 107 Å². The molecule has 1 aromatic carbocycles. The third-order valence-corrected chi connectivity index (χ3v) is 2.75. The molecule has 1 aromatic rings. The maximum Gasteiger partial charge on any atom is 0.326 e. The van der Waals surface area contributed by atoms with E-state index >= 15 is 0 Å². The Balaban J connectivity index is 2.68. The molecule has 0 aliphatic carbocycles. The Labute approximate surface area is 122 Å². The van der Waals surface area contributed by atoms with Gasteiger partial charge in [-0.1, -0.05) is 19.9 Å². The molecule has 0 aliphatic rings. The minimum absolute atomic E-state index is 0.143. The summed E-state index contributed by atoms with van der Waals surface area (Å²) in [6, 6.07) is 3.17. The summed E-state index contributed by atoms with van der Waals surface area (Å²) in [5, 5.41) is 29.9. The highest BCUT2D eigenvalue weighted by atomic mass is 16.4. The van der Waals surface area contributed by atoms with Crippen molar-refractivity contribution in [1.29, 1.82) is 0 Å². The first-order valence-corrected chi connectivity index (χ1v) is 6.53. The quantitative estimate of drug-likeness (QED) is 0.472.